The van der Waals surface area contributed by atoms with Gasteiger partial charge in [0.25, 0.3) is 0 Å². The number of aliphatic imine (C=N–C) groups is 1. The third-order valence-corrected chi connectivity index (χ3v) is 6.52. The van der Waals surface area contributed by atoms with Crippen LogP contribution in [0.15, 0.2) is 71.7 Å². The monoisotopic (exact) mass is 576 g/mol. The molecular weight excluding hydrogens is 538 g/mol. The van der Waals surface area contributed by atoms with Crippen LogP contribution in [0.2, 0.25) is 0 Å². The number of rotatable bonds is 14. The highest BCUT2D eigenvalue weighted by atomic mass is 16.5. The zero-order valence-electron chi connectivity index (χ0n) is 24.1. The second-order valence-electron chi connectivity index (χ2n) is 9.82. The number of methoxy groups -OCH3 is 1. The first-order valence-electron chi connectivity index (χ1n) is 13.8. The Bertz CT molecular complexity index is 1380. The Morgan fingerprint density at radius 3 is 2.29 bits per heavy atom. The Morgan fingerprint density at radius 1 is 0.905 bits per heavy atom. The van der Waals surface area contributed by atoms with Crippen molar-refractivity contribution < 1.29 is 29.0 Å². The van der Waals surface area contributed by atoms with E-state index in [4.69, 9.17) is 15.2 Å². The molecule has 0 aliphatic heterocycles. The van der Waals surface area contributed by atoms with Crippen LogP contribution < -0.4 is 31.5 Å². The second kappa shape index (κ2) is 16.0. The number of carbonyl (C=O) groups is 3. The number of fused-ring (bicyclic) bond motifs is 1. The molecule has 0 bridgehead atoms. The lowest BCUT2D eigenvalue weighted by Crippen LogP contribution is -2.55. The molecular formula is C31H38N5O6-. The van der Waals surface area contributed by atoms with Crippen LogP contribution in [-0.2, 0) is 20.9 Å². The number of benzene rings is 3. The van der Waals surface area contributed by atoms with Gasteiger partial charge in [0.05, 0.1) is 18.8 Å². The summed E-state index contributed by atoms with van der Waals surface area (Å²) in [5.41, 5.74) is 6.82. The number of alkyl carbamates (subject to hydrolysis) is 1. The van der Waals surface area contributed by atoms with Gasteiger partial charge in [-0.05, 0) is 62.6 Å². The number of carbonyl (C=O) groups excluding carboxylic acids is 3. The van der Waals surface area contributed by atoms with E-state index in [0.717, 1.165) is 16.3 Å². The molecule has 224 valence electrons. The summed E-state index contributed by atoms with van der Waals surface area (Å²) in [5, 5.41) is 22.7. The summed E-state index contributed by atoms with van der Waals surface area (Å²) in [6, 6.07) is 17.2. The molecule has 0 heterocycles. The summed E-state index contributed by atoms with van der Waals surface area (Å²) in [6.07, 6.45) is 0.814. The smallest absolute Gasteiger partial charge is 0.408 e. The fourth-order valence-electron chi connectivity index (χ4n) is 4.16. The van der Waals surface area contributed by atoms with Gasteiger partial charge in [-0.1, -0.05) is 54.6 Å². The van der Waals surface area contributed by atoms with E-state index in [1.807, 2.05) is 54.6 Å². The van der Waals surface area contributed by atoms with Crippen LogP contribution in [-0.4, -0.2) is 55.6 Å². The number of nitrogens with two attached hydrogens (primary N) is 1. The van der Waals surface area contributed by atoms with E-state index < -0.39 is 41.9 Å². The Kier molecular flexibility index (Phi) is 12.1. The van der Waals surface area contributed by atoms with Gasteiger partial charge in [0.1, 0.15) is 24.4 Å². The molecule has 0 aliphatic carbocycles. The molecule has 0 aliphatic rings. The molecule has 0 unspecified atom stereocenters. The van der Waals surface area contributed by atoms with Gasteiger partial charge < -0.3 is 36.3 Å². The van der Waals surface area contributed by atoms with E-state index >= 15 is 0 Å². The molecule has 0 radical (unpaired) electrons. The van der Waals surface area contributed by atoms with E-state index in [9.17, 15) is 19.5 Å². The molecule has 0 aromatic heterocycles. The van der Waals surface area contributed by atoms with Crippen LogP contribution in [0.3, 0.4) is 0 Å². The highest BCUT2D eigenvalue weighted by molar-refractivity contribution is 5.94. The number of ether oxygens (including phenoxy) is 2. The van der Waals surface area contributed by atoms with Crippen LogP contribution >= 0.6 is 0 Å². The van der Waals surface area contributed by atoms with Crippen molar-refractivity contribution in [3.63, 3.8) is 0 Å². The van der Waals surface area contributed by atoms with Gasteiger partial charge in [-0.15, -0.1) is 0 Å². The SMILES string of the molecule is COc1cc(N=C([O-])[C@H](CCCCN)NC(=O)[C@H](C)NC(=O)[C@H](C)NC(=O)OCc2ccccc2)cc2ccccc12. The lowest BCUT2D eigenvalue weighted by Gasteiger charge is -2.27. The first-order valence-corrected chi connectivity index (χ1v) is 13.8. The van der Waals surface area contributed by atoms with Gasteiger partial charge in [0, 0.05) is 11.5 Å². The summed E-state index contributed by atoms with van der Waals surface area (Å²) in [7, 11) is 1.54. The molecule has 42 heavy (non-hydrogen) atoms. The van der Waals surface area contributed by atoms with Crippen molar-refractivity contribution in [2.24, 2.45) is 10.7 Å². The number of nitrogens with one attached hydrogen (secondary N) is 3. The fourth-order valence-corrected chi connectivity index (χ4v) is 4.16. The van der Waals surface area contributed by atoms with Crippen molar-refractivity contribution in [3.05, 3.63) is 72.3 Å². The van der Waals surface area contributed by atoms with Crippen LogP contribution in [0, 0.1) is 0 Å². The van der Waals surface area contributed by atoms with Crippen molar-refractivity contribution >= 4 is 40.3 Å². The minimum absolute atomic E-state index is 0.0520. The second-order valence-corrected chi connectivity index (χ2v) is 9.82. The molecule has 5 N–H and O–H groups in total. The molecule has 3 atom stereocenters. The molecule has 0 fully saturated rings. The minimum atomic E-state index is -0.993. The third-order valence-electron chi connectivity index (χ3n) is 6.52. The van der Waals surface area contributed by atoms with E-state index in [0.29, 0.717) is 37.2 Å². The maximum atomic E-state index is 13.2. The van der Waals surface area contributed by atoms with Crippen LogP contribution in [0.25, 0.3) is 10.8 Å². The van der Waals surface area contributed by atoms with Gasteiger partial charge in [-0.3, -0.25) is 14.6 Å². The first-order chi connectivity index (χ1) is 20.2. The van der Waals surface area contributed by atoms with Gasteiger partial charge in [-0.2, -0.15) is 0 Å². The van der Waals surface area contributed by atoms with Crippen molar-refractivity contribution in [3.8, 4) is 5.75 Å². The standard InChI is InChI=1S/C31H39N5O6/c1-20(33-28(37)21(2)34-31(40)42-19-22-11-5-4-6-12-22)29(38)36-26(15-9-10-16-32)30(39)35-24-17-23-13-7-8-14-25(23)27(18-24)41-3/h4-8,11-14,17-18,20-21,26H,9-10,15-16,19,32H2,1-3H3,(H,33,37)(H,34,40)(H,35,39)(H,36,38)/p-1/t20-,21-,26-/m0/s1. The average Bonchev–Trinajstić information content (AvgIpc) is 2.99. The molecule has 11 heteroatoms. The fraction of sp³-hybridized carbons (Fsp3) is 0.355. The number of nitrogens with zero attached hydrogens (tertiary/aromatic N) is 1. The molecule has 3 aromatic rings. The molecule has 11 nitrogen and oxygen atoms in total. The maximum Gasteiger partial charge on any atom is 0.408 e. The quantitative estimate of drug-likeness (QED) is 0.130. The summed E-state index contributed by atoms with van der Waals surface area (Å²) in [4.78, 5) is 42.0. The maximum absolute atomic E-state index is 13.2. The van der Waals surface area contributed by atoms with E-state index in [-0.39, 0.29) is 6.61 Å². The Hall–Kier alpha value is -4.64. The summed E-state index contributed by atoms with van der Waals surface area (Å²) in [5.74, 6) is -1.12. The lowest BCUT2D eigenvalue weighted by molar-refractivity contribution is -0.221. The van der Waals surface area contributed by atoms with Crippen molar-refractivity contribution in [2.75, 3.05) is 13.7 Å². The predicted octanol–water partition coefficient (Wildman–Crippen LogP) is 2.67. The van der Waals surface area contributed by atoms with E-state index in [2.05, 4.69) is 20.9 Å². The molecule has 0 saturated carbocycles. The topological polar surface area (TPSA) is 167 Å². The number of unbranched alkanes of at least 4 members (excludes halogenated alkanes) is 1. The van der Waals surface area contributed by atoms with Crippen LogP contribution in [0.4, 0.5) is 10.5 Å². The molecule has 0 spiro atoms. The van der Waals surface area contributed by atoms with Gasteiger partial charge in [-0.25, -0.2) is 4.79 Å². The Labute approximate surface area is 245 Å². The summed E-state index contributed by atoms with van der Waals surface area (Å²) < 4.78 is 10.6. The molecule has 3 rings (SSSR count). The summed E-state index contributed by atoms with van der Waals surface area (Å²) in [6.45, 7) is 3.45. The van der Waals surface area contributed by atoms with E-state index in [1.54, 1.807) is 19.2 Å². The highest BCUT2D eigenvalue weighted by Crippen LogP contribution is 2.31. The number of hydrogen-bond acceptors (Lipinski definition) is 8. The normalized spacial score (nSPS) is 13.5. The first kappa shape index (κ1) is 31.9. The Balaban J connectivity index is 1.62. The van der Waals surface area contributed by atoms with Crippen molar-refractivity contribution in [1.82, 2.24) is 16.0 Å². The largest absolute Gasteiger partial charge is 0.860 e. The lowest BCUT2D eigenvalue weighted by atomic mass is 10.1. The molecule has 3 aromatic carbocycles. The van der Waals surface area contributed by atoms with Crippen molar-refractivity contribution in [2.45, 2.75) is 57.8 Å². The summed E-state index contributed by atoms with van der Waals surface area (Å²) >= 11 is 0. The van der Waals surface area contributed by atoms with Gasteiger partial charge in [0.15, 0.2) is 0 Å². The number of hydrogen-bond donors (Lipinski definition) is 4. The third kappa shape index (κ3) is 9.48. The van der Waals surface area contributed by atoms with Crippen molar-refractivity contribution in [1.29, 1.82) is 0 Å². The van der Waals surface area contributed by atoms with Crippen LogP contribution in [0.1, 0.15) is 38.7 Å². The predicted molar refractivity (Wildman–Crippen MR) is 159 cm³/mol. The molecule has 0 saturated heterocycles. The molecule has 3 amide bonds. The van der Waals surface area contributed by atoms with Gasteiger partial charge in [0.2, 0.25) is 11.8 Å². The number of amides is 3. The van der Waals surface area contributed by atoms with E-state index in [1.165, 1.54) is 13.8 Å². The Morgan fingerprint density at radius 2 is 1.57 bits per heavy atom. The van der Waals surface area contributed by atoms with Gasteiger partial charge >= 0.3 is 6.09 Å². The zero-order valence-corrected chi connectivity index (χ0v) is 24.1. The zero-order chi connectivity index (χ0) is 30.5. The minimum Gasteiger partial charge on any atom is -0.860 e. The van der Waals surface area contributed by atoms with Crippen LogP contribution in [0.5, 0.6) is 5.75 Å². The highest BCUT2D eigenvalue weighted by Gasteiger charge is 2.23. The average molecular weight is 577 g/mol.